The van der Waals surface area contributed by atoms with Crippen molar-refractivity contribution in [1.82, 2.24) is 10.3 Å². The van der Waals surface area contributed by atoms with Gasteiger partial charge in [0.25, 0.3) is 0 Å². The lowest BCUT2D eigenvalue weighted by Crippen LogP contribution is -2.53. The first-order valence-corrected chi connectivity index (χ1v) is 13.9. The van der Waals surface area contributed by atoms with Crippen molar-refractivity contribution in [1.29, 1.82) is 0 Å². The number of aromatic amines is 1. The van der Waals surface area contributed by atoms with Crippen LogP contribution in [0.15, 0.2) is 72.9 Å². The van der Waals surface area contributed by atoms with Gasteiger partial charge in [0.15, 0.2) is 0 Å². The van der Waals surface area contributed by atoms with Gasteiger partial charge in [-0.1, -0.05) is 43.3 Å². The van der Waals surface area contributed by atoms with Crippen LogP contribution in [0, 0.1) is 11.8 Å². The summed E-state index contributed by atoms with van der Waals surface area (Å²) in [7, 11) is 0. The SMILES string of the molecule is CCc1cccc2c1NC(=O)[C@@]21N[C@H](Cc2c[nH]c3ccccc23)[C@H]2C(=O)N(c3ccc(NC(C)=O)cc3)C(=O)[C@@H]21. The Hall–Kier alpha value is -4.76. The third kappa shape index (κ3) is 3.58. The predicted molar refractivity (Wildman–Crippen MR) is 155 cm³/mol. The summed E-state index contributed by atoms with van der Waals surface area (Å²) in [6.07, 6.45) is 3.10. The average molecular weight is 548 g/mol. The molecule has 0 bridgehead atoms. The normalized spacial score (nSPS) is 24.7. The first-order chi connectivity index (χ1) is 19.8. The smallest absolute Gasteiger partial charge is 0.250 e. The molecule has 7 rings (SSSR count). The fourth-order valence-corrected chi connectivity index (χ4v) is 7.05. The second kappa shape index (κ2) is 9.14. The van der Waals surface area contributed by atoms with Gasteiger partial charge in [0, 0.05) is 47.0 Å². The highest BCUT2D eigenvalue weighted by Gasteiger charge is 2.70. The molecule has 4 aromatic rings. The largest absolute Gasteiger partial charge is 0.361 e. The van der Waals surface area contributed by atoms with Gasteiger partial charge >= 0.3 is 0 Å². The first kappa shape index (κ1) is 25.2. The molecule has 0 saturated carbocycles. The van der Waals surface area contributed by atoms with E-state index < -0.39 is 29.3 Å². The number of anilines is 3. The summed E-state index contributed by atoms with van der Waals surface area (Å²) in [6, 6.07) is 19.9. The maximum absolute atomic E-state index is 14.3. The Labute approximate surface area is 236 Å². The molecular formula is C32H29N5O4. The number of rotatable bonds is 5. The van der Waals surface area contributed by atoms with Gasteiger partial charge in [0.1, 0.15) is 5.54 Å². The molecule has 4 heterocycles. The van der Waals surface area contributed by atoms with Gasteiger partial charge in [-0.05, 0) is 54.3 Å². The van der Waals surface area contributed by atoms with Crippen LogP contribution in [0.2, 0.25) is 0 Å². The summed E-state index contributed by atoms with van der Waals surface area (Å²) < 4.78 is 0. The van der Waals surface area contributed by atoms with Gasteiger partial charge in [-0.3, -0.25) is 24.5 Å². The molecule has 4 amide bonds. The molecule has 3 aliphatic rings. The lowest BCUT2D eigenvalue weighted by Gasteiger charge is -2.29. The fraction of sp³-hybridized carbons (Fsp3) is 0.250. The molecule has 4 atom stereocenters. The van der Waals surface area contributed by atoms with Crippen LogP contribution in [0.3, 0.4) is 0 Å². The number of hydrogen-bond acceptors (Lipinski definition) is 5. The number of amides is 4. The number of imide groups is 1. The fourth-order valence-electron chi connectivity index (χ4n) is 7.05. The second-order valence-corrected chi connectivity index (χ2v) is 11.0. The van der Waals surface area contributed by atoms with Crippen molar-refractivity contribution < 1.29 is 19.2 Å². The number of benzene rings is 3. The molecule has 9 heteroatoms. The zero-order valence-electron chi connectivity index (χ0n) is 22.7. The lowest BCUT2D eigenvalue weighted by atomic mass is 9.76. The van der Waals surface area contributed by atoms with E-state index in [0.717, 1.165) is 27.7 Å². The topological polar surface area (TPSA) is 123 Å². The molecule has 0 unspecified atom stereocenters. The number of carbonyl (C=O) groups is 4. The van der Waals surface area contributed by atoms with Crippen molar-refractivity contribution in [2.24, 2.45) is 11.8 Å². The highest BCUT2D eigenvalue weighted by Crippen LogP contribution is 2.54. The zero-order chi connectivity index (χ0) is 28.5. The number of H-pyrrole nitrogens is 1. The third-order valence-corrected chi connectivity index (χ3v) is 8.78. The summed E-state index contributed by atoms with van der Waals surface area (Å²) in [5, 5.41) is 10.4. The summed E-state index contributed by atoms with van der Waals surface area (Å²) in [6.45, 7) is 3.44. The third-order valence-electron chi connectivity index (χ3n) is 8.78. The second-order valence-electron chi connectivity index (χ2n) is 11.0. The summed E-state index contributed by atoms with van der Waals surface area (Å²) in [4.78, 5) is 58.5. The number of carbonyl (C=O) groups excluding carboxylic acids is 4. The maximum atomic E-state index is 14.3. The minimum atomic E-state index is -1.38. The molecule has 9 nitrogen and oxygen atoms in total. The van der Waals surface area contributed by atoms with E-state index in [0.29, 0.717) is 29.8 Å². The maximum Gasteiger partial charge on any atom is 0.250 e. The molecule has 3 aliphatic heterocycles. The van der Waals surface area contributed by atoms with Gasteiger partial charge < -0.3 is 15.6 Å². The average Bonchev–Trinajstić information content (AvgIpc) is 3.67. The number of fused-ring (bicyclic) bond motifs is 5. The van der Waals surface area contributed by atoms with Crippen molar-refractivity contribution in [3.63, 3.8) is 0 Å². The Balaban J connectivity index is 1.34. The minimum absolute atomic E-state index is 0.217. The molecule has 3 aromatic carbocycles. The predicted octanol–water partition coefficient (Wildman–Crippen LogP) is 3.86. The molecule has 206 valence electrons. The Morgan fingerprint density at radius 1 is 0.951 bits per heavy atom. The summed E-state index contributed by atoms with van der Waals surface area (Å²) in [5.74, 6) is -2.96. The van der Waals surface area contributed by atoms with E-state index in [9.17, 15) is 19.2 Å². The molecule has 2 fully saturated rings. The first-order valence-electron chi connectivity index (χ1n) is 13.9. The minimum Gasteiger partial charge on any atom is -0.361 e. The molecule has 2 saturated heterocycles. The molecular weight excluding hydrogens is 518 g/mol. The van der Waals surface area contributed by atoms with Gasteiger partial charge in [0.05, 0.1) is 17.5 Å². The summed E-state index contributed by atoms with van der Waals surface area (Å²) in [5.41, 5.74) is 4.00. The van der Waals surface area contributed by atoms with Crippen LogP contribution in [-0.4, -0.2) is 34.7 Å². The number of nitrogens with one attached hydrogen (secondary N) is 4. The molecule has 1 spiro atoms. The van der Waals surface area contributed by atoms with E-state index in [4.69, 9.17) is 0 Å². The van der Waals surface area contributed by atoms with Crippen LogP contribution in [0.1, 0.15) is 30.5 Å². The van der Waals surface area contributed by atoms with Crippen LogP contribution in [0.5, 0.6) is 0 Å². The van der Waals surface area contributed by atoms with Crippen LogP contribution < -0.4 is 20.9 Å². The number of para-hydroxylation sites is 2. The molecule has 0 aliphatic carbocycles. The van der Waals surface area contributed by atoms with Crippen LogP contribution >= 0.6 is 0 Å². The van der Waals surface area contributed by atoms with Crippen LogP contribution in [-0.2, 0) is 37.6 Å². The Kier molecular flexibility index (Phi) is 5.62. The van der Waals surface area contributed by atoms with E-state index in [1.54, 1.807) is 24.3 Å². The molecule has 4 N–H and O–H groups in total. The van der Waals surface area contributed by atoms with Crippen molar-refractivity contribution >= 4 is 51.6 Å². The Morgan fingerprint density at radius 2 is 1.73 bits per heavy atom. The van der Waals surface area contributed by atoms with Crippen molar-refractivity contribution in [3.05, 3.63) is 89.6 Å². The van der Waals surface area contributed by atoms with E-state index in [-0.39, 0.29) is 17.7 Å². The van der Waals surface area contributed by atoms with Gasteiger partial charge in [0.2, 0.25) is 23.6 Å². The number of aryl methyl sites for hydroxylation is 1. The zero-order valence-corrected chi connectivity index (χ0v) is 22.7. The van der Waals surface area contributed by atoms with Gasteiger partial charge in [-0.2, -0.15) is 0 Å². The standard InChI is InChI=1S/C32H29N5O4/c1-3-18-7-6-9-23-28(18)35-31(41)32(23)27-26(25(36-32)15-19-16-33-24-10-5-4-8-22(19)24)29(39)37(30(27)40)21-13-11-20(12-14-21)34-17(2)38/h4-14,16,25-27,33,36H,3,15H2,1-2H3,(H,34,38)(H,35,41)/t25-,26-,27-,32-/m1/s1. The van der Waals surface area contributed by atoms with Crippen LogP contribution in [0.25, 0.3) is 10.9 Å². The molecule has 41 heavy (non-hydrogen) atoms. The Bertz CT molecular complexity index is 1760. The number of hydrogen-bond donors (Lipinski definition) is 4. The highest BCUT2D eigenvalue weighted by molar-refractivity contribution is 6.26. The molecule has 1 aromatic heterocycles. The van der Waals surface area contributed by atoms with E-state index >= 15 is 0 Å². The van der Waals surface area contributed by atoms with E-state index in [1.165, 1.54) is 11.8 Å². The number of aromatic nitrogens is 1. The highest BCUT2D eigenvalue weighted by atomic mass is 16.2. The summed E-state index contributed by atoms with van der Waals surface area (Å²) >= 11 is 0. The van der Waals surface area contributed by atoms with Crippen molar-refractivity contribution in [2.75, 3.05) is 15.5 Å². The Morgan fingerprint density at radius 3 is 2.49 bits per heavy atom. The van der Waals surface area contributed by atoms with Crippen LogP contribution in [0.4, 0.5) is 17.1 Å². The quantitative estimate of drug-likeness (QED) is 0.283. The molecule has 0 radical (unpaired) electrons. The number of nitrogens with zero attached hydrogens (tertiary/aromatic N) is 1. The van der Waals surface area contributed by atoms with Crippen molar-refractivity contribution in [3.8, 4) is 0 Å². The van der Waals surface area contributed by atoms with E-state index in [1.807, 2.05) is 55.6 Å². The van der Waals surface area contributed by atoms with Gasteiger partial charge in [-0.25, -0.2) is 4.90 Å². The van der Waals surface area contributed by atoms with E-state index in [2.05, 4.69) is 20.9 Å². The van der Waals surface area contributed by atoms with Crippen molar-refractivity contribution in [2.45, 2.75) is 38.3 Å². The lowest BCUT2D eigenvalue weighted by molar-refractivity contribution is -0.130. The van der Waals surface area contributed by atoms with Gasteiger partial charge in [-0.15, -0.1) is 0 Å². The monoisotopic (exact) mass is 547 g/mol.